The van der Waals surface area contributed by atoms with Gasteiger partial charge in [-0.15, -0.1) is 0 Å². The lowest BCUT2D eigenvalue weighted by atomic mass is 9.97. The molecule has 0 aliphatic carbocycles. The van der Waals surface area contributed by atoms with Gasteiger partial charge < -0.3 is 5.32 Å². The Morgan fingerprint density at radius 2 is 1.93 bits per heavy atom. The molecule has 0 bridgehead atoms. The summed E-state index contributed by atoms with van der Waals surface area (Å²) in [5, 5.41) is 3.26. The summed E-state index contributed by atoms with van der Waals surface area (Å²) in [5.74, 6) is 0.680. The van der Waals surface area contributed by atoms with Crippen LogP contribution in [0.15, 0.2) is 24.3 Å². The van der Waals surface area contributed by atoms with Gasteiger partial charge in [0, 0.05) is 0 Å². The number of alkyl halides is 1. The van der Waals surface area contributed by atoms with Crippen LogP contribution in [0.5, 0.6) is 0 Å². The minimum Gasteiger partial charge on any atom is -0.307 e. The number of hydrogen-bond acceptors (Lipinski definition) is 1. The fourth-order valence-corrected chi connectivity index (χ4v) is 1.83. The minimum absolute atomic E-state index is 0.680. The van der Waals surface area contributed by atoms with Gasteiger partial charge in [-0.05, 0) is 36.4 Å². The molecule has 0 amide bonds. The minimum atomic E-state index is 0.680. The molecule has 1 nitrogen and oxygen atoms in total. The highest BCUT2D eigenvalue weighted by atomic mass is 79.9. The molecule has 0 aromatic heterocycles. The van der Waals surface area contributed by atoms with E-state index in [9.17, 15) is 0 Å². The summed E-state index contributed by atoms with van der Waals surface area (Å²) in [5.41, 5.74) is 3.74. The Morgan fingerprint density at radius 3 is 2.47 bits per heavy atom. The van der Waals surface area contributed by atoms with E-state index < -0.39 is 0 Å². The molecule has 0 radical (unpaired) electrons. The van der Waals surface area contributed by atoms with E-state index >= 15 is 0 Å². The number of hydrogen-bond donors (Lipinski definition) is 1. The van der Waals surface area contributed by atoms with Gasteiger partial charge in [0.05, 0.1) is 5.45 Å². The third-order valence-electron chi connectivity index (χ3n) is 2.85. The maximum Gasteiger partial charge on any atom is 0.0517 e. The lowest BCUT2D eigenvalue weighted by Gasteiger charge is -2.09. The topological polar surface area (TPSA) is 12.0 Å². The SMILES string of the molecule is CCC(C)c1ccc(CCNCBr)cc1. The van der Waals surface area contributed by atoms with Gasteiger partial charge in [-0.25, -0.2) is 0 Å². The van der Waals surface area contributed by atoms with Crippen molar-refractivity contribution in [2.45, 2.75) is 32.6 Å². The van der Waals surface area contributed by atoms with E-state index in [0.717, 1.165) is 18.4 Å². The Labute approximate surface area is 101 Å². The van der Waals surface area contributed by atoms with Gasteiger partial charge in [-0.2, -0.15) is 0 Å². The van der Waals surface area contributed by atoms with Crippen molar-refractivity contribution in [3.05, 3.63) is 35.4 Å². The maximum absolute atomic E-state index is 3.35. The summed E-state index contributed by atoms with van der Waals surface area (Å²) in [6.07, 6.45) is 2.32. The van der Waals surface area contributed by atoms with Crippen LogP contribution < -0.4 is 5.32 Å². The van der Waals surface area contributed by atoms with Crippen LogP contribution >= 0.6 is 15.9 Å². The zero-order valence-corrected chi connectivity index (χ0v) is 11.2. The fourth-order valence-electron chi connectivity index (χ4n) is 1.55. The molecule has 0 saturated carbocycles. The molecule has 0 fully saturated rings. The van der Waals surface area contributed by atoms with Gasteiger partial charge >= 0.3 is 0 Å². The quantitative estimate of drug-likeness (QED) is 0.472. The number of nitrogens with one attached hydrogen (secondary N) is 1. The molecule has 1 unspecified atom stereocenters. The highest BCUT2D eigenvalue weighted by molar-refractivity contribution is 9.09. The lowest BCUT2D eigenvalue weighted by molar-refractivity contribution is 0.731. The maximum atomic E-state index is 3.35. The Kier molecular flexibility index (Phi) is 5.96. The average molecular weight is 270 g/mol. The van der Waals surface area contributed by atoms with Crippen molar-refractivity contribution in [1.29, 1.82) is 0 Å². The van der Waals surface area contributed by atoms with Crippen molar-refractivity contribution in [2.75, 3.05) is 12.0 Å². The zero-order valence-electron chi connectivity index (χ0n) is 9.59. The van der Waals surface area contributed by atoms with Crippen molar-refractivity contribution >= 4 is 15.9 Å². The molecular weight excluding hydrogens is 250 g/mol. The van der Waals surface area contributed by atoms with E-state index in [0.29, 0.717) is 5.92 Å². The molecule has 2 heteroatoms. The van der Waals surface area contributed by atoms with Crippen LogP contribution in [0, 0.1) is 0 Å². The number of halogens is 1. The van der Waals surface area contributed by atoms with E-state index in [-0.39, 0.29) is 0 Å². The molecule has 1 atom stereocenters. The number of rotatable bonds is 6. The molecule has 0 spiro atoms. The van der Waals surface area contributed by atoms with Gasteiger partial charge in [0.25, 0.3) is 0 Å². The predicted molar refractivity (Wildman–Crippen MR) is 70.6 cm³/mol. The summed E-state index contributed by atoms with van der Waals surface area (Å²) in [6, 6.07) is 9.02. The molecule has 0 aliphatic rings. The first-order valence-electron chi connectivity index (χ1n) is 5.63. The predicted octanol–water partition coefficient (Wildman–Crippen LogP) is 3.68. The molecule has 1 N–H and O–H groups in total. The van der Waals surface area contributed by atoms with Crippen molar-refractivity contribution in [3.63, 3.8) is 0 Å². The average Bonchev–Trinajstić information content (AvgIpc) is 2.29. The van der Waals surface area contributed by atoms with Crippen LogP contribution in [-0.2, 0) is 6.42 Å². The Hall–Kier alpha value is -0.340. The number of benzene rings is 1. The van der Waals surface area contributed by atoms with Crippen molar-refractivity contribution < 1.29 is 0 Å². The van der Waals surface area contributed by atoms with Crippen LogP contribution in [0.1, 0.15) is 37.3 Å². The molecule has 1 rings (SSSR count). The molecule has 0 saturated heterocycles. The second kappa shape index (κ2) is 7.02. The van der Waals surface area contributed by atoms with Crippen LogP contribution in [0.2, 0.25) is 0 Å². The first-order chi connectivity index (χ1) is 7.27. The van der Waals surface area contributed by atoms with E-state index in [1.165, 1.54) is 17.5 Å². The summed E-state index contributed by atoms with van der Waals surface area (Å²) in [6.45, 7) is 5.55. The fraction of sp³-hybridized carbons (Fsp3) is 0.538. The van der Waals surface area contributed by atoms with E-state index in [2.05, 4.69) is 59.4 Å². The molecule has 84 valence electrons. The lowest BCUT2D eigenvalue weighted by Crippen LogP contribution is -2.14. The van der Waals surface area contributed by atoms with Crippen LogP contribution in [0.3, 0.4) is 0 Å². The van der Waals surface area contributed by atoms with Gasteiger partial charge in [0.2, 0.25) is 0 Å². The van der Waals surface area contributed by atoms with E-state index in [1.54, 1.807) is 0 Å². The van der Waals surface area contributed by atoms with Gasteiger partial charge in [0.15, 0.2) is 0 Å². The van der Waals surface area contributed by atoms with Gasteiger partial charge in [-0.3, -0.25) is 0 Å². The largest absolute Gasteiger partial charge is 0.307 e. The van der Waals surface area contributed by atoms with Gasteiger partial charge in [-0.1, -0.05) is 54.0 Å². The Bertz CT molecular complexity index is 268. The smallest absolute Gasteiger partial charge is 0.0517 e. The third-order valence-corrected chi connectivity index (χ3v) is 3.24. The third kappa shape index (κ3) is 4.35. The summed E-state index contributed by atoms with van der Waals surface area (Å²) >= 11 is 3.35. The highest BCUT2D eigenvalue weighted by Crippen LogP contribution is 2.18. The molecule has 0 aliphatic heterocycles. The van der Waals surface area contributed by atoms with Crippen LogP contribution in [0.25, 0.3) is 0 Å². The second-order valence-electron chi connectivity index (χ2n) is 3.93. The summed E-state index contributed by atoms with van der Waals surface area (Å²) in [7, 11) is 0. The van der Waals surface area contributed by atoms with Crippen LogP contribution in [-0.4, -0.2) is 12.0 Å². The molecular formula is C13H20BrN. The van der Waals surface area contributed by atoms with Gasteiger partial charge in [0.1, 0.15) is 0 Å². The van der Waals surface area contributed by atoms with E-state index in [4.69, 9.17) is 0 Å². The molecule has 15 heavy (non-hydrogen) atoms. The summed E-state index contributed by atoms with van der Waals surface area (Å²) < 4.78 is 0. The Balaban J connectivity index is 2.49. The highest BCUT2D eigenvalue weighted by Gasteiger charge is 2.01. The Morgan fingerprint density at radius 1 is 1.27 bits per heavy atom. The normalized spacial score (nSPS) is 12.7. The van der Waals surface area contributed by atoms with Crippen molar-refractivity contribution in [1.82, 2.24) is 5.32 Å². The first kappa shape index (κ1) is 12.7. The van der Waals surface area contributed by atoms with Crippen molar-refractivity contribution in [3.8, 4) is 0 Å². The van der Waals surface area contributed by atoms with E-state index in [1.807, 2.05) is 0 Å². The second-order valence-corrected chi connectivity index (χ2v) is 4.50. The zero-order chi connectivity index (χ0) is 11.1. The molecule has 0 heterocycles. The van der Waals surface area contributed by atoms with Crippen molar-refractivity contribution in [2.24, 2.45) is 0 Å². The standard InChI is InChI=1S/C13H20BrN/c1-3-11(2)13-6-4-12(5-7-13)8-9-15-10-14/h4-7,11,15H,3,8-10H2,1-2H3. The first-order valence-corrected chi connectivity index (χ1v) is 6.75. The molecule has 1 aromatic carbocycles. The molecule has 1 aromatic rings. The van der Waals surface area contributed by atoms with Crippen LogP contribution in [0.4, 0.5) is 0 Å². The summed E-state index contributed by atoms with van der Waals surface area (Å²) in [4.78, 5) is 0. The monoisotopic (exact) mass is 269 g/mol.